The summed E-state index contributed by atoms with van der Waals surface area (Å²) >= 11 is 0. The van der Waals surface area contributed by atoms with E-state index in [1.165, 1.54) is 0 Å². The molecule has 0 unspecified atom stereocenters. The van der Waals surface area contributed by atoms with E-state index >= 15 is 0 Å². The lowest BCUT2D eigenvalue weighted by Crippen LogP contribution is -1.99. The third-order valence-electron chi connectivity index (χ3n) is 2.57. The predicted octanol–water partition coefficient (Wildman–Crippen LogP) is 1.31. The highest BCUT2D eigenvalue weighted by molar-refractivity contribution is 5.80. The van der Waals surface area contributed by atoms with Gasteiger partial charge in [-0.2, -0.15) is 0 Å². The van der Waals surface area contributed by atoms with Crippen LogP contribution in [-0.2, 0) is 6.54 Å². The van der Waals surface area contributed by atoms with Gasteiger partial charge in [-0.25, -0.2) is 4.98 Å². The van der Waals surface area contributed by atoms with Crippen molar-refractivity contribution in [3.63, 3.8) is 0 Å². The number of aromatic nitrogens is 2. The molecule has 2 rings (SSSR count). The van der Waals surface area contributed by atoms with Crippen LogP contribution >= 0.6 is 0 Å². The van der Waals surface area contributed by atoms with Gasteiger partial charge in [0.1, 0.15) is 0 Å². The van der Waals surface area contributed by atoms with Gasteiger partial charge >= 0.3 is 0 Å². The topological polar surface area (TPSA) is 64.1 Å². The van der Waals surface area contributed by atoms with Crippen LogP contribution in [0.1, 0.15) is 12.0 Å². The first-order valence-electron chi connectivity index (χ1n) is 5.04. The van der Waals surface area contributed by atoms with Gasteiger partial charge in [-0.15, -0.1) is 0 Å². The number of nitrogens with two attached hydrogens (primary N) is 1. The Morgan fingerprint density at radius 1 is 1.47 bits per heavy atom. The molecule has 0 bridgehead atoms. The zero-order valence-electron chi connectivity index (χ0n) is 8.77. The molecular formula is C11H15N3O. The largest absolute Gasteiger partial charge is 0.398 e. The zero-order valence-corrected chi connectivity index (χ0v) is 8.77. The second-order valence-electron chi connectivity index (χ2n) is 3.71. The summed E-state index contributed by atoms with van der Waals surface area (Å²) in [6.45, 7) is 2.94. The Hall–Kier alpha value is -1.55. The van der Waals surface area contributed by atoms with Crippen molar-refractivity contribution in [3.05, 3.63) is 24.0 Å². The SMILES string of the molecule is Cc1cc2ncn(CCCO)c2cc1N. The number of hydrogen-bond donors (Lipinski definition) is 2. The Morgan fingerprint density at radius 2 is 2.27 bits per heavy atom. The summed E-state index contributed by atoms with van der Waals surface area (Å²) in [7, 11) is 0. The maximum Gasteiger partial charge on any atom is 0.0958 e. The normalized spacial score (nSPS) is 11.1. The molecule has 3 N–H and O–H groups in total. The highest BCUT2D eigenvalue weighted by Crippen LogP contribution is 2.20. The molecule has 0 atom stereocenters. The summed E-state index contributed by atoms with van der Waals surface area (Å²) in [5.41, 5.74) is 9.68. The van der Waals surface area contributed by atoms with E-state index in [1.54, 1.807) is 6.33 Å². The van der Waals surface area contributed by atoms with Crippen molar-refractivity contribution in [2.45, 2.75) is 19.9 Å². The molecule has 0 saturated carbocycles. The van der Waals surface area contributed by atoms with Gasteiger partial charge in [0.25, 0.3) is 0 Å². The Morgan fingerprint density at radius 3 is 3.00 bits per heavy atom. The fraction of sp³-hybridized carbons (Fsp3) is 0.364. The molecule has 0 spiro atoms. The number of anilines is 1. The summed E-state index contributed by atoms with van der Waals surface area (Å²) in [6.07, 6.45) is 2.53. The summed E-state index contributed by atoms with van der Waals surface area (Å²) in [4.78, 5) is 4.30. The van der Waals surface area contributed by atoms with E-state index in [2.05, 4.69) is 4.98 Å². The van der Waals surface area contributed by atoms with Crippen molar-refractivity contribution in [2.75, 3.05) is 12.3 Å². The quantitative estimate of drug-likeness (QED) is 0.742. The molecule has 0 radical (unpaired) electrons. The van der Waals surface area contributed by atoms with Crippen molar-refractivity contribution in [3.8, 4) is 0 Å². The molecule has 4 nitrogen and oxygen atoms in total. The Kier molecular flexibility index (Phi) is 2.60. The number of aliphatic hydroxyl groups is 1. The van der Waals surface area contributed by atoms with Crippen LogP contribution in [0.25, 0.3) is 11.0 Å². The van der Waals surface area contributed by atoms with Crippen LogP contribution in [0.2, 0.25) is 0 Å². The molecule has 0 fully saturated rings. The summed E-state index contributed by atoms with van der Waals surface area (Å²) < 4.78 is 2.02. The maximum absolute atomic E-state index is 8.78. The van der Waals surface area contributed by atoms with E-state index in [0.29, 0.717) is 0 Å². The number of nitrogen functional groups attached to an aromatic ring is 1. The number of imidazole rings is 1. The molecule has 80 valence electrons. The van der Waals surface area contributed by atoms with E-state index in [-0.39, 0.29) is 6.61 Å². The molecule has 2 aromatic rings. The first-order chi connectivity index (χ1) is 7.22. The molecule has 0 aliphatic rings. The van der Waals surface area contributed by atoms with Crippen LogP contribution in [0.3, 0.4) is 0 Å². The fourth-order valence-corrected chi connectivity index (χ4v) is 1.64. The van der Waals surface area contributed by atoms with E-state index < -0.39 is 0 Å². The van der Waals surface area contributed by atoms with Crippen LogP contribution in [0.15, 0.2) is 18.5 Å². The van der Waals surface area contributed by atoms with Gasteiger partial charge in [0.05, 0.1) is 17.4 Å². The minimum Gasteiger partial charge on any atom is -0.398 e. The zero-order chi connectivity index (χ0) is 10.8. The molecule has 4 heteroatoms. The molecule has 0 saturated heterocycles. The van der Waals surface area contributed by atoms with E-state index in [1.807, 2.05) is 23.6 Å². The van der Waals surface area contributed by atoms with E-state index in [9.17, 15) is 0 Å². The molecule has 0 aliphatic carbocycles. The molecule has 15 heavy (non-hydrogen) atoms. The van der Waals surface area contributed by atoms with Crippen molar-refractivity contribution in [1.29, 1.82) is 0 Å². The predicted molar refractivity (Wildman–Crippen MR) is 60.6 cm³/mol. The van der Waals surface area contributed by atoms with Gasteiger partial charge in [0.2, 0.25) is 0 Å². The lowest BCUT2D eigenvalue weighted by Gasteiger charge is -2.04. The minimum absolute atomic E-state index is 0.195. The third-order valence-corrected chi connectivity index (χ3v) is 2.57. The number of hydrogen-bond acceptors (Lipinski definition) is 3. The standard InChI is InChI=1S/C11H15N3O/c1-8-5-10-11(6-9(8)12)14(7-13-10)3-2-4-15/h5-7,15H,2-4,12H2,1H3. The Labute approximate surface area is 88.3 Å². The highest BCUT2D eigenvalue weighted by atomic mass is 16.3. The fourth-order valence-electron chi connectivity index (χ4n) is 1.64. The number of benzene rings is 1. The first kappa shape index (κ1) is 9.98. The minimum atomic E-state index is 0.195. The molecule has 1 aromatic heterocycles. The Balaban J connectivity index is 2.45. The van der Waals surface area contributed by atoms with Gasteiger partial charge in [-0.3, -0.25) is 0 Å². The molecule has 0 aliphatic heterocycles. The third kappa shape index (κ3) is 1.80. The van der Waals surface area contributed by atoms with Gasteiger partial charge < -0.3 is 15.4 Å². The molecule has 1 aromatic carbocycles. The van der Waals surface area contributed by atoms with Gasteiger partial charge in [-0.05, 0) is 31.0 Å². The van der Waals surface area contributed by atoms with Crippen LogP contribution in [-0.4, -0.2) is 21.3 Å². The average Bonchev–Trinajstić information content (AvgIpc) is 2.59. The van der Waals surface area contributed by atoms with Gasteiger partial charge in [-0.1, -0.05) is 0 Å². The monoisotopic (exact) mass is 205 g/mol. The number of aryl methyl sites for hydroxylation is 2. The molecular weight excluding hydrogens is 190 g/mol. The lowest BCUT2D eigenvalue weighted by molar-refractivity contribution is 0.280. The number of nitrogens with zero attached hydrogens (tertiary/aromatic N) is 2. The summed E-state index contributed by atoms with van der Waals surface area (Å²) in [6, 6.07) is 3.93. The highest BCUT2D eigenvalue weighted by Gasteiger charge is 2.04. The van der Waals surface area contributed by atoms with Crippen molar-refractivity contribution < 1.29 is 5.11 Å². The summed E-state index contributed by atoms with van der Waals surface area (Å²) in [5, 5.41) is 8.78. The van der Waals surface area contributed by atoms with E-state index in [0.717, 1.165) is 35.2 Å². The van der Waals surface area contributed by atoms with Crippen molar-refractivity contribution in [2.24, 2.45) is 0 Å². The molecule has 0 amide bonds. The van der Waals surface area contributed by atoms with Crippen LogP contribution < -0.4 is 5.73 Å². The number of fused-ring (bicyclic) bond motifs is 1. The number of rotatable bonds is 3. The van der Waals surface area contributed by atoms with Crippen molar-refractivity contribution in [1.82, 2.24) is 9.55 Å². The average molecular weight is 205 g/mol. The Bertz CT molecular complexity index is 476. The summed E-state index contributed by atoms with van der Waals surface area (Å²) in [5.74, 6) is 0. The van der Waals surface area contributed by atoms with Crippen LogP contribution in [0.5, 0.6) is 0 Å². The van der Waals surface area contributed by atoms with Gasteiger partial charge in [0.15, 0.2) is 0 Å². The first-order valence-corrected chi connectivity index (χ1v) is 5.04. The smallest absolute Gasteiger partial charge is 0.0958 e. The number of aliphatic hydroxyl groups excluding tert-OH is 1. The second-order valence-corrected chi connectivity index (χ2v) is 3.71. The maximum atomic E-state index is 8.78. The van der Waals surface area contributed by atoms with Crippen LogP contribution in [0, 0.1) is 6.92 Å². The second kappa shape index (κ2) is 3.90. The van der Waals surface area contributed by atoms with Gasteiger partial charge in [0, 0.05) is 18.8 Å². The van der Waals surface area contributed by atoms with Crippen LogP contribution in [0.4, 0.5) is 5.69 Å². The van der Waals surface area contributed by atoms with Crippen molar-refractivity contribution >= 4 is 16.7 Å². The lowest BCUT2D eigenvalue weighted by atomic mass is 10.2. The van der Waals surface area contributed by atoms with E-state index in [4.69, 9.17) is 10.8 Å². The molecule has 1 heterocycles.